The fraction of sp³-hybridized carbons (Fsp3) is 0.300. The summed E-state index contributed by atoms with van der Waals surface area (Å²) in [4.78, 5) is 0. The zero-order valence-corrected chi connectivity index (χ0v) is 7.94. The summed E-state index contributed by atoms with van der Waals surface area (Å²) in [5, 5.41) is 5.91. The van der Waals surface area contributed by atoms with Crippen LogP contribution in [0.4, 0.5) is 4.39 Å². The fourth-order valence-corrected chi connectivity index (χ4v) is 1.66. The van der Waals surface area contributed by atoms with Crippen LogP contribution in [0.3, 0.4) is 0 Å². The van der Waals surface area contributed by atoms with E-state index in [0.717, 1.165) is 5.56 Å². The van der Waals surface area contributed by atoms with Crippen LogP contribution in [0.25, 0.3) is 0 Å². The lowest BCUT2D eigenvalue weighted by Crippen LogP contribution is -2.14. The zero-order valence-electron chi connectivity index (χ0n) is 7.94. The highest BCUT2D eigenvalue weighted by Gasteiger charge is 2.23. The number of hydrogen-bond donors (Lipinski definition) is 1. The van der Waals surface area contributed by atoms with Crippen molar-refractivity contribution in [2.45, 2.75) is 12.5 Å². The van der Waals surface area contributed by atoms with Gasteiger partial charge in [-0.3, -0.25) is 5.01 Å². The van der Waals surface area contributed by atoms with Crippen LogP contribution in [0.15, 0.2) is 29.4 Å². The molecular weight excluding hydrogens is 181 g/mol. The molecular formula is C10H12FN3. The van der Waals surface area contributed by atoms with Crippen LogP contribution < -0.4 is 5.73 Å². The fourth-order valence-electron chi connectivity index (χ4n) is 1.66. The Hall–Kier alpha value is -1.58. The van der Waals surface area contributed by atoms with Crippen molar-refractivity contribution in [2.24, 2.45) is 10.8 Å². The van der Waals surface area contributed by atoms with Gasteiger partial charge in [0.25, 0.3) is 0 Å². The lowest BCUT2D eigenvalue weighted by molar-refractivity contribution is 0.289. The predicted molar refractivity (Wildman–Crippen MR) is 53.1 cm³/mol. The highest BCUT2D eigenvalue weighted by Crippen LogP contribution is 2.27. The smallest absolute Gasteiger partial charge is 0.123 e. The second kappa shape index (κ2) is 3.29. The molecule has 0 saturated heterocycles. The maximum Gasteiger partial charge on any atom is 0.123 e. The Morgan fingerprint density at radius 3 is 2.57 bits per heavy atom. The number of nitrogens with zero attached hydrogens (tertiary/aromatic N) is 2. The van der Waals surface area contributed by atoms with E-state index in [2.05, 4.69) is 5.10 Å². The number of benzene rings is 1. The van der Waals surface area contributed by atoms with Gasteiger partial charge in [-0.15, -0.1) is 0 Å². The lowest BCUT2D eigenvalue weighted by Gasteiger charge is -2.18. The first-order chi connectivity index (χ1) is 6.66. The van der Waals surface area contributed by atoms with Crippen molar-refractivity contribution < 1.29 is 4.39 Å². The Morgan fingerprint density at radius 1 is 1.43 bits per heavy atom. The normalized spacial score (nSPS) is 21.1. The third-order valence-corrected chi connectivity index (χ3v) is 2.39. The van der Waals surface area contributed by atoms with Crippen LogP contribution in [0.1, 0.15) is 18.0 Å². The minimum Gasteiger partial charge on any atom is -0.386 e. The molecule has 0 aliphatic carbocycles. The Bertz CT molecular complexity index is 358. The second-order valence-electron chi connectivity index (χ2n) is 3.44. The summed E-state index contributed by atoms with van der Waals surface area (Å²) < 4.78 is 12.7. The van der Waals surface area contributed by atoms with Gasteiger partial charge < -0.3 is 5.73 Å². The highest BCUT2D eigenvalue weighted by molar-refractivity contribution is 5.82. The van der Waals surface area contributed by atoms with Crippen LogP contribution >= 0.6 is 0 Å². The molecule has 0 aromatic heterocycles. The SMILES string of the molecule is CN1N=C(N)C[C@H]1c1ccc(F)cc1. The summed E-state index contributed by atoms with van der Waals surface area (Å²) in [7, 11) is 1.87. The van der Waals surface area contributed by atoms with Gasteiger partial charge in [-0.1, -0.05) is 12.1 Å². The van der Waals surface area contributed by atoms with E-state index in [4.69, 9.17) is 5.73 Å². The monoisotopic (exact) mass is 193 g/mol. The molecule has 0 fully saturated rings. The van der Waals surface area contributed by atoms with E-state index in [1.807, 2.05) is 12.1 Å². The van der Waals surface area contributed by atoms with Crippen molar-refractivity contribution >= 4 is 5.84 Å². The molecule has 0 unspecified atom stereocenters. The first kappa shape index (κ1) is 8.99. The second-order valence-corrected chi connectivity index (χ2v) is 3.44. The molecule has 0 amide bonds. The van der Waals surface area contributed by atoms with E-state index < -0.39 is 0 Å². The van der Waals surface area contributed by atoms with Crippen LogP contribution in [0.5, 0.6) is 0 Å². The van der Waals surface area contributed by atoms with Gasteiger partial charge in [0.05, 0.1) is 6.04 Å². The van der Waals surface area contributed by atoms with E-state index in [0.29, 0.717) is 12.3 Å². The quantitative estimate of drug-likeness (QED) is 0.733. The van der Waals surface area contributed by atoms with Crippen molar-refractivity contribution in [2.75, 3.05) is 7.05 Å². The van der Waals surface area contributed by atoms with Crippen molar-refractivity contribution in [3.63, 3.8) is 0 Å². The van der Waals surface area contributed by atoms with Crippen LogP contribution in [-0.4, -0.2) is 17.9 Å². The van der Waals surface area contributed by atoms with Crippen molar-refractivity contribution in [1.82, 2.24) is 5.01 Å². The van der Waals surface area contributed by atoms with Gasteiger partial charge in [0, 0.05) is 13.5 Å². The number of rotatable bonds is 1. The molecule has 1 aromatic carbocycles. The molecule has 0 bridgehead atoms. The summed E-state index contributed by atoms with van der Waals surface area (Å²) in [5.41, 5.74) is 6.66. The molecule has 74 valence electrons. The number of halogens is 1. The van der Waals surface area contributed by atoms with E-state index in [1.165, 1.54) is 12.1 Å². The Balaban J connectivity index is 2.21. The van der Waals surface area contributed by atoms with Crippen LogP contribution in [0.2, 0.25) is 0 Å². The molecule has 0 spiro atoms. The van der Waals surface area contributed by atoms with E-state index in [-0.39, 0.29) is 11.9 Å². The average molecular weight is 193 g/mol. The minimum absolute atomic E-state index is 0.149. The van der Waals surface area contributed by atoms with Gasteiger partial charge >= 0.3 is 0 Å². The van der Waals surface area contributed by atoms with Gasteiger partial charge in [-0.25, -0.2) is 4.39 Å². The van der Waals surface area contributed by atoms with E-state index >= 15 is 0 Å². The third-order valence-electron chi connectivity index (χ3n) is 2.39. The van der Waals surface area contributed by atoms with Gasteiger partial charge in [-0.2, -0.15) is 5.10 Å². The van der Waals surface area contributed by atoms with Gasteiger partial charge in [0.2, 0.25) is 0 Å². The molecule has 2 N–H and O–H groups in total. The summed E-state index contributed by atoms with van der Waals surface area (Å²) >= 11 is 0. The number of amidine groups is 1. The maximum absolute atomic E-state index is 12.7. The van der Waals surface area contributed by atoms with Gasteiger partial charge in [-0.05, 0) is 17.7 Å². The number of hydrazone groups is 1. The molecule has 1 atom stereocenters. The molecule has 14 heavy (non-hydrogen) atoms. The Labute approximate surface area is 82.0 Å². The Morgan fingerprint density at radius 2 is 2.07 bits per heavy atom. The van der Waals surface area contributed by atoms with E-state index in [1.54, 1.807) is 12.1 Å². The molecule has 4 heteroatoms. The summed E-state index contributed by atoms with van der Waals surface area (Å²) in [6.45, 7) is 0. The van der Waals surface area contributed by atoms with Crippen LogP contribution in [-0.2, 0) is 0 Å². The molecule has 3 nitrogen and oxygen atoms in total. The largest absolute Gasteiger partial charge is 0.386 e. The molecule has 1 heterocycles. The summed E-state index contributed by atoms with van der Waals surface area (Å²) in [6.07, 6.45) is 0.710. The molecule has 1 aliphatic rings. The number of nitrogens with two attached hydrogens (primary N) is 1. The molecule has 2 rings (SSSR count). The van der Waals surface area contributed by atoms with Gasteiger partial charge in [0.1, 0.15) is 11.7 Å². The first-order valence-electron chi connectivity index (χ1n) is 4.48. The highest BCUT2D eigenvalue weighted by atomic mass is 19.1. The van der Waals surface area contributed by atoms with Crippen molar-refractivity contribution in [3.8, 4) is 0 Å². The third kappa shape index (κ3) is 1.55. The van der Waals surface area contributed by atoms with Crippen molar-refractivity contribution in [1.29, 1.82) is 0 Å². The summed E-state index contributed by atoms with van der Waals surface area (Å²) in [5.74, 6) is 0.408. The first-order valence-corrected chi connectivity index (χ1v) is 4.48. The van der Waals surface area contributed by atoms with Crippen molar-refractivity contribution in [3.05, 3.63) is 35.6 Å². The molecule has 1 aromatic rings. The topological polar surface area (TPSA) is 41.6 Å². The standard InChI is InChI=1S/C10H12FN3/c1-14-9(6-10(12)13-14)7-2-4-8(11)5-3-7/h2-5,9H,6H2,1H3,(H2,12,13)/t9-/m0/s1. The Kier molecular flexibility index (Phi) is 2.11. The van der Waals surface area contributed by atoms with Crippen LogP contribution in [0, 0.1) is 5.82 Å². The summed E-state index contributed by atoms with van der Waals surface area (Å²) in [6, 6.07) is 6.60. The molecule has 0 radical (unpaired) electrons. The van der Waals surface area contributed by atoms with E-state index in [9.17, 15) is 4.39 Å². The molecule has 0 saturated carbocycles. The average Bonchev–Trinajstić information content (AvgIpc) is 2.47. The number of hydrogen-bond acceptors (Lipinski definition) is 3. The zero-order chi connectivity index (χ0) is 10.1. The molecule has 1 aliphatic heterocycles. The maximum atomic E-state index is 12.7. The predicted octanol–water partition coefficient (Wildman–Crippen LogP) is 1.47. The lowest BCUT2D eigenvalue weighted by atomic mass is 10.0. The van der Waals surface area contributed by atoms with Gasteiger partial charge in [0.15, 0.2) is 0 Å². The minimum atomic E-state index is -0.219.